The SMILES string of the molecule is CCCCCC/C=C\CCCC(=O)NC(CO)C(O)C(O)CCC/C=C/CC/C=C/CCCCCCCCCCCCCCC. The number of allylic oxidation sites excluding steroid dienone is 6. The van der Waals surface area contributed by atoms with Gasteiger partial charge in [0, 0.05) is 6.42 Å². The number of hydrogen-bond acceptors (Lipinski definition) is 4. The lowest BCUT2D eigenvalue weighted by molar-refractivity contribution is -0.124. The highest BCUT2D eigenvalue weighted by Crippen LogP contribution is 2.14. The molecule has 0 radical (unpaired) electrons. The molecular weight excluding hydrogens is 558 g/mol. The van der Waals surface area contributed by atoms with Crippen molar-refractivity contribution in [2.75, 3.05) is 6.61 Å². The summed E-state index contributed by atoms with van der Waals surface area (Å²) in [7, 11) is 0. The first-order valence-corrected chi connectivity index (χ1v) is 19.3. The third kappa shape index (κ3) is 31.0. The van der Waals surface area contributed by atoms with Gasteiger partial charge in [0.1, 0.15) is 6.10 Å². The number of hydrogen-bond donors (Lipinski definition) is 4. The summed E-state index contributed by atoms with van der Waals surface area (Å²) in [6.07, 6.45) is 42.6. The molecule has 0 bridgehead atoms. The predicted molar refractivity (Wildman–Crippen MR) is 194 cm³/mol. The smallest absolute Gasteiger partial charge is 0.220 e. The quantitative estimate of drug-likeness (QED) is 0.0419. The van der Waals surface area contributed by atoms with Crippen LogP contribution < -0.4 is 5.32 Å². The molecule has 0 saturated heterocycles. The average molecular weight is 634 g/mol. The van der Waals surface area contributed by atoms with Gasteiger partial charge in [0.2, 0.25) is 5.91 Å². The van der Waals surface area contributed by atoms with Gasteiger partial charge in [-0.15, -0.1) is 0 Å². The molecule has 45 heavy (non-hydrogen) atoms. The van der Waals surface area contributed by atoms with Crippen LogP contribution in [0.15, 0.2) is 36.5 Å². The summed E-state index contributed by atoms with van der Waals surface area (Å²) in [6, 6.07) is -0.844. The van der Waals surface area contributed by atoms with Crippen LogP contribution in [0.1, 0.15) is 187 Å². The molecule has 0 aromatic heterocycles. The molecule has 5 heteroatoms. The fourth-order valence-corrected chi connectivity index (χ4v) is 5.65. The summed E-state index contributed by atoms with van der Waals surface area (Å²) < 4.78 is 0. The number of aliphatic hydroxyl groups is 3. The van der Waals surface area contributed by atoms with E-state index in [-0.39, 0.29) is 5.91 Å². The van der Waals surface area contributed by atoms with Gasteiger partial charge in [0.05, 0.1) is 18.8 Å². The zero-order valence-electron chi connectivity index (χ0n) is 29.7. The number of carbonyl (C=O) groups excluding carboxylic acids is 1. The predicted octanol–water partition coefficient (Wildman–Crippen LogP) is 10.4. The molecule has 1 amide bonds. The zero-order chi connectivity index (χ0) is 33.1. The van der Waals surface area contributed by atoms with E-state index in [2.05, 4.69) is 55.6 Å². The highest BCUT2D eigenvalue weighted by Gasteiger charge is 2.26. The maximum Gasteiger partial charge on any atom is 0.220 e. The first-order chi connectivity index (χ1) is 22.1. The van der Waals surface area contributed by atoms with Crippen LogP contribution in [0.25, 0.3) is 0 Å². The van der Waals surface area contributed by atoms with Crippen LogP contribution in [0.3, 0.4) is 0 Å². The first-order valence-electron chi connectivity index (χ1n) is 19.3. The van der Waals surface area contributed by atoms with Crippen molar-refractivity contribution >= 4 is 5.91 Å². The van der Waals surface area contributed by atoms with Crippen molar-refractivity contribution in [3.05, 3.63) is 36.5 Å². The summed E-state index contributed by atoms with van der Waals surface area (Å²) >= 11 is 0. The summed E-state index contributed by atoms with van der Waals surface area (Å²) in [5.41, 5.74) is 0. The van der Waals surface area contributed by atoms with E-state index < -0.39 is 24.9 Å². The zero-order valence-corrected chi connectivity index (χ0v) is 29.7. The normalized spacial score (nSPS) is 14.2. The molecule has 0 aliphatic carbocycles. The van der Waals surface area contributed by atoms with E-state index in [9.17, 15) is 20.1 Å². The van der Waals surface area contributed by atoms with Crippen LogP contribution in [0, 0.1) is 0 Å². The number of carbonyl (C=O) groups is 1. The van der Waals surface area contributed by atoms with Gasteiger partial charge in [-0.3, -0.25) is 4.79 Å². The molecule has 0 rings (SSSR count). The Morgan fingerprint density at radius 2 is 0.911 bits per heavy atom. The molecular formula is C40H75NO4. The Morgan fingerprint density at radius 1 is 0.533 bits per heavy atom. The molecule has 3 atom stereocenters. The van der Waals surface area contributed by atoms with Crippen molar-refractivity contribution in [2.24, 2.45) is 0 Å². The molecule has 0 aromatic rings. The van der Waals surface area contributed by atoms with Gasteiger partial charge >= 0.3 is 0 Å². The van der Waals surface area contributed by atoms with E-state index in [4.69, 9.17) is 0 Å². The Bertz CT molecular complexity index is 704. The lowest BCUT2D eigenvalue weighted by atomic mass is 10.0. The molecule has 4 N–H and O–H groups in total. The largest absolute Gasteiger partial charge is 0.394 e. The standard InChI is InChI=1S/C40H75NO4/c1-3-5-7-9-11-13-14-15-16-17-18-19-20-21-22-23-24-25-27-28-30-32-34-38(43)40(45)37(36-42)41-39(44)35-33-31-29-26-12-10-8-6-4-2/h22-23,26-29,37-38,40,42-43,45H,3-21,24-25,30-36H2,1-2H3,(H,41,44)/b23-22+,28-27+,29-26-. The van der Waals surface area contributed by atoms with Crippen molar-refractivity contribution in [3.63, 3.8) is 0 Å². The molecule has 0 aliphatic rings. The Hall–Kier alpha value is -1.43. The third-order valence-electron chi connectivity index (χ3n) is 8.69. The first kappa shape index (κ1) is 43.6. The molecule has 0 aromatic carbocycles. The summed E-state index contributed by atoms with van der Waals surface area (Å²) in [6.45, 7) is 4.10. The minimum atomic E-state index is -1.18. The molecule has 0 aliphatic heterocycles. The van der Waals surface area contributed by atoms with Crippen molar-refractivity contribution in [1.82, 2.24) is 5.32 Å². The highest BCUT2D eigenvalue weighted by atomic mass is 16.3. The fourth-order valence-electron chi connectivity index (χ4n) is 5.65. The molecule has 5 nitrogen and oxygen atoms in total. The number of rotatable bonds is 34. The maximum atomic E-state index is 12.3. The summed E-state index contributed by atoms with van der Waals surface area (Å²) in [5.74, 6) is -0.196. The monoisotopic (exact) mass is 634 g/mol. The molecule has 3 unspecified atom stereocenters. The molecule has 0 spiro atoms. The van der Waals surface area contributed by atoms with E-state index >= 15 is 0 Å². The molecule has 0 heterocycles. The van der Waals surface area contributed by atoms with E-state index in [0.29, 0.717) is 12.8 Å². The lowest BCUT2D eigenvalue weighted by Crippen LogP contribution is -2.50. The van der Waals surface area contributed by atoms with Crippen LogP contribution in [0.2, 0.25) is 0 Å². The Morgan fingerprint density at radius 3 is 1.38 bits per heavy atom. The minimum Gasteiger partial charge on any atom is -0.394 e. The van der Waals surface area contributed by atoms with Gasteiger partial charge in [-0.25, -0.2) is 0 Å². The van der Waals surface area contributed by atoms with Gasteiger partial charge < -0.3 is 20.6 Å². The van der Waals surface area contributed by atoms with Crippen molar-refractivity contribution < 1.29 is 20.1 Å². The number of aliphatic hydroxyl groups excluding tert-OH is 3. The van der Waals surface area contributed by atoms with Gasteiger partial charge in [0.25, 0.3) is 0 Å². The van der Waals surface area contributed by atoms with E-state index in [1.165, 1.54) is 116 Å². The Labute approximate surface area is 279 Å². The van der Waals surface area contributed by atoms with E-state index in [1.54, 1.807) is 0 Å². The summed E-state index contributed by atoms with van der Waals surface area (Å²) in [4.78, 5) is 12.3. The Kier molecular flexibility index (Phi) is 34.3. The van der Waals surface area contributed by atoms with Gasteiger partial charge in [-0.2, -0.15) is 0 Å². The second-order valence-corrected chi connectivity index (χ2v) is 13.1. The summed E-state index contributed by atoms with van der Waals surface area (Å²) in [5, 5.41) is 33.2. The minimum absolute atomic E-state index is 0.196. The van der Waals surface area contributed by atoms with Crippen LogP contribution in [0.4, 0.5) is 0 Å². The van der Waals surface area contributed by atoms with Crippen LogP contribution in [-0.2, 0) is 4.79 Å². The number of unbranched alkanes of at least 4 members (excludes halogenated alkanes) is 20. The second-order valence-electron chi connectivity index (χ2n) is 13.1. The van der Waals surface area contributed by atoms with Gasteiger partial charge in [-0.1, -0.05) is 147 Å². The van der Waals surface area contributed by atoms with E-state index in [1.807, 2.05) is 0 Å². The van der Waals surface area contributed by atoms with Crippen molar-refractivity contribution in [3.8, 4) is 0 Å². The second kappa shape index (κ2) is 35.4. The number of amides is 1. The fraction of sp³-hybridized carbons (Fsp3) is 0.825. The van der Waals surface area contributed by atoms with Crippen LogP contribution in [0.5, 0.6) is 0 Å². The van der Waals surface area contributed by atoms with Gasteiger partial charge in [0.15, 0.2) is 0 Å². The van der Waals surface area contributed by atoms with Crippen LogP contribution in [-0.4, -0.2) is 46.1 Å². The average Bonchev–Trinajstić information content (AvgIpc) is 3.04. The van der Waals surface area contributed by atoms with Gasteiger partial charge in [-0.05, 0) is 70.6 Å². The topological polar surface area (TPSA) is 89.8 Å². The van der Waals surface area contributed by atoms with E-state index in [0.717, 1.165) is 44.9 Å². The lowest BCUT2D eigenvalue weighted by Gasteiger charge is -2.26. The van der Waals surface area contributed by atoms with Crippen LogP contribution >= 0.6 is 0 Å². The third-order valence-corrected chi connectivity index (χ3v) is 8.69. The Balaban J connectivity index is 3.72. The highest BCUT2D eigenvalue weighted by molar-refractivity contribution is 5.76. The number of nitrogens with one attached hydrogen (secondary N) is 1. The molecule has 0 fully saturated rings. The van der Waals surface area contributed by atoms with Crippen molar-refractivity contribution in [2.45, 2.75) is 205 Å². The molecule has 0 saturated carbocycles. The molecule has 264 valence electrons. The van der Waals surface area contributed by atoms with Crippen molar-refractivity contribution in [1.29, 1.82) is 0 Å². The maximum absolute atomic E-state index is 12.3.